The van der Waals surface area contributed by atoms with Crippen LogP contribution in [0.1, 0.15) is 29.4 Å². The third kappa shape index (κ3) is 8.49. The van der Waals surface area contributed by atoms with Crippen LogP contribution in [0.4, 0.5) is 0 Å². The van der Waals surface area contributed by atoms with Crippen LogP contribution in [-0.4, -0.2) is 78.6 Å². The second-order valence-corrected chi connectivity index (χ2v) is 8.96. The van der Waals surface area contributed by atoms with Gasteiger partial charge in [-0.05, 0) is 36.5 Å². The molecule has 198 valence electrons. The summed E-state index contributed by atoms with van der Waals surface area (Å²) in [4.78, 5) is 25.6. The van der Waals surface area contributed by atoms with E-state index in [0.29, 0.717) is 19.6 Å². The Labute approximate surface area is 216 Å². The minimum atomic E-state index is -1.24. The first-order valence-corrected chi connectivity index (χ1v) is 12.1. The third-order valence-electron chi connectivity index (χ3n) is 5.96. The molecule has 3 N–H and O–H groups in total. The first-order valence-electron chi connectivity index (χ1n) is 12.1. The average molecular weight is 511 g/mol. The Balaban J connectivity index is 1.69. The number of hydrogen-bond donors (Lipinski definition) is 3. The highest BCUT2D eigenvalue weighted by Crippen LogP contribution is 2.27. The number of amides is 1. The maximum absolute atomic E-state index is 12.9. The molecule has 10 nitrogen and oxygen atoms in total. The highest BCUT2D eigenvalue weighted by molar-refractivity contribution is 5.92. The van der Waals surface area contributed by atoms with Gasteiger partial charge in [-0.15, -0.1) is 0 Å². The Kier molecular flexibility index (Phi) is 10.8. The maximum atomic E-state index is 12.9. The SMILES string of the molecule is COCCOCCOC(=O)[C@](C)(CO)C[C@@H](Cc1ccc(-c2ccccc2)cc1)NC(=O)c1cn[nH]n1. The van der Waals surface area contributed by atoms with Crippen LogP contribution in [0, 0.1) is 5.41 Å². The summed E-state index contributed by atoms with van der Waals surface area (Å²) in [6, 6.07) is 17.5. The van der Waals surface area contributed by atoms with Gasteiger partial charge in [0.25, 0.3) is 5.91 Å². The molecule has 37 heavy (non-hydrogen) atoms. The molecule has 0 spiro atoms. The van der Waals surface area contributed by atoms with Crippen LogP contribution in [0.15, 0.2) is 60.8 Å². The zero-order valence-corrected chi connectivity index (χ0v) is 21.2. The number of ether oxygens (including phenoxy) is 3. The normalized spacial score (nSPS) is 13.5. The van der Waals surface area contributed by atoms with Crippen molar-refractivity contribution < 1.29 is 28.9 Å². The molecule has 1 heterocycles. The average Bonchev–Trinajstić information content (AvgIpc) is 3.47. The Bertz CT molecular complexity index is 1090. The van der Waals surface area contributed by atoms with Gasteiger partial charge in [0, 0.05) is 13.2 Å². The van der Waals surface area contributed by atoms with Gasteiger partial charge in [0.1, 0.15) is 6.61 Å². The number of esters is 1. The van der Waals surface area contributed by atoms with Crippen molar-refractivity contribution in [2.45, 2.75) is 25.8 Å². The summed E-state index contributed by atoms with van der Waals surface area (Å²) in [5.74, 6) is -0.995. The molecule has 0 saturated carbocycles. The fourth-order valence-corrected chi connectivity index (χ4v) is 3.86. The van der Waals surface area contributed by atoms with Gasteiger partial charge in [-0.1, -0.05) is 54.6 Å². The van der Waals surface area contributed by atoms with E-state index in [-0.39, 0.29) is 25.3 Å². The van der Waals surface area contributed by atoms with Crippen molar-refractivity contribution in [1.82, 2.24) is 20.7 Å². The zero-order chi connectivity index (χ0) is 26.5. The van der Waals surface area contributed by atoms with Gasteiger partial charge in [0.05, 0.1) is 38.0 Å². The van der Waals surface area contributed by atoms with Crippen LogP contribution < -0.4 is 5.32 Å². The molecule has 0 unspecified atom stereocenters. The first kappa shape index (κ1) is 28.0. The lowest BCUT2D eigenvalue weighted by molar-refractivity contribution is -0.160. The van der Waals surface area contributed by atoms with Crippen molar-refractivity contribution in [3.63, 3.8) is 0 Å². The van der Waals surface area contributed by atoms with Crippen molar-refractivity contribution in [3.05, 3.63) is 72.1 Å². The topological polar surface area (TPSA) is 136 Å². The monoisotopic (exact) mass is 510 g/mol. The number of rotatable bonds is 15. The van der Waals surface area contributed by atoms with Gasteiger partial charge in [0.15, 0.2) is 5.69 Å². The maximum Gasteiger partial charge on any atom is 0.314 e. The van der Waals surface area contributed by atoms with E-state index in [1.807, 2.05) is 54.6 Å². The molecular weight excluding hydrogens is 476 g/mol. The summed E-state index contributed by atoms with van der Waals surface area (Å²) >= 11 is 0. The Hall–Kier alpha value is -3.60. The van der Waals surface area contributed by atoms with E-state index in [1.165, 1.54) is 6.20 Å². The van der Waals surface area contributed by atoms with Crippen LogP contribution in [0.2, 0.25) is 0 Å². The molecule has 1 aromatic heterocycles. The number of methoxy groups -OCH3 is 1. The predicted octanol–water partition coefficient (Wildman–Crippen LogP) is 2.41. The minimum absolute atomic E-state index is 0.0506. The molecule has 2 atom stereocenters. The quantitative estimate of drug-likeness (QED) is 0.210. The van der Waals surface area contributed by atoms with Crippen LogP contribution in [0.3, 0.4) is 0 Å². The van der Waals surface area contributed by atoms with E-state index in [1.54, 1.807) is 14.0 Å². The summed E-state index contributed by atoms with van der Waals surface area (Å²) in [5.41, 5.74) is 2.03. The van der Waals surface area contributed by atoms with E-state index >= 15 is 0 Å². The molecule has 0 saturated heterocycles. The second kappa shape index (κ2) is 14.2. The van der Waals surface area contributed by atoms with E-state index in [4.69, 9.17) is 14.2 Å². The molecule has 0 aliphatic carbocycles. The van der Waals surface area contributed by atoms with Gasteiger partial charge in [-0.25, -0.2) is 0 Å². The molecule has 3 rings (SSSR count). The second-order valence-electron chi connectivity index (χ2n) is 8.96. The van der Waals surface area contributed by atoms with Crippen molar-refractivity contribution in [1.29, 1.82) is 0 Å². The number of benzene rings is 2. The lowest BCUT2D eigenvalue weighted by atomic mass is 9.82. The molecule has 10 heteroatoms. The number of aliphatic hydroxyl groups excluding tert-OH is 1. The zero-order valence-electron chi connectivity index (χ0n) is 21.2. The summed E-state index contributed by atoms with van der Waals surface area (Å²) in [6.45, 7) is 2.28. The van der Waals surface area contributed by atoms with Crippen LogP contribution in [0.25, 0.3) is 11.1 Å². The van der Waals surface area contributed by atoms with Crippen molar-refractivity contribution >= 4 is 11.9 Å². The summed E-state index contributed by atoms with van der Waals surface area (Å²) in [7, 11) is 1.57. The molecular formula is C27H34N4O6. The highest BCUT2D eigenvalue weighted by atomic mass is 16.6. The van der Waals surface area contributed by atoms with Gasteiger partial charge in [-0.2, -0.15) is 15.4 Å². The number of aromatic nitrogens is 3. The number of nitrogens with zero attached hydrogens (tertiary/aromatic N) is 2. The number of carbonyl (C=O) groups is 2. The van der Waals surface area contributed by atoms with Crippen LogP contribution in [-0.2, 0) is 25.4 Å². The molecule has 0 aliphatic rings. The Morgan fingerprint density at radius 2 is 1.73 bits per heavy atom. The lowest BCUT2D eigenvalue weighted by Crippen LogP contribution is -2.45. The smallest absolute Gasteiger partial charge is 0.314 e. The number of hydrogen-bond acceptors (Lipinski definition) is 8. The molecule has 0 bridgehead atoms. The summed E-state index contributed by atoms with van der Waals surface area (Å²) in [5, 5.41) is 23.0. The first-order chi connectivity index (χ1) is 17.9. The number of nitrogens with one attached hydrogen (secondary N) is 2. The Morgan fingerprint density at radius 1 is 1.03 bits per heavy atom. The van der Waals surface area contributed by atoms with Gasteiger partial charge < -0.3 is 24.6 Å². The fraction of sp³-hybridized carbons (Fsp3) is 0.407. The van der Waals surface area contributed by atoms with E-state index in [0.717, 1.165) is 16.7 Å². The largest absolute Gasteiger partial charge is 0.463 e. The van der Waals surface area contributed by atoms with Gasteiger partial charge in [-0.3, -0.25) is 9.59 Å². The number of H-pyrrole nitrogens is 1. The molecule has 0 fully saturated rings. The summed E-state index contributed by atoms with van der Waals surface area (Å²) < 4.78 is 15.6. The van der Waals surface area contributed by atoms with E-state index < -0.39 is 29.9 Å². The molecule has 0 radical (unpaired) electrons. The third-order valence-corrected chi connectivity index (χ3v) is 5.96. The van der Waals surface area contributed by atoms with Crippen LogP contribution >= 0.6 is 0 Å². The van der Waals surface area contributed by atoms with Crippen molar-refractivity contribution in [2.75, 3.05) is 40.1 Å². The molecule has 3 aromatic rings. The van der Waals surface area contributed by atoms with Gasteiger partial charge in [0.2, 0.25) is 0 Å². The number of aromatic amines is 1. The molecule has 1 amide bonds. The van der Waals surface area contributed by atoms with Crippen LogP contribution in [0.5, 0.6) is 0 Å². The Morgan fingerprint density at radius 3 is 2.38 bits per heavy atom. The fourth-order valence-electron chi connectivity index (χ4n) is 3.86. The molecule has 0 aliphatic heterocycles. The lowest BCUT2D eigenvalue weighted by Gasteiger charge is -2.30. The van der Waals surface area contributed by atoms with E-state index in [2.05, 4.69) is 20.7 Å². The van der Waals surface area contributed by atoms with Gasteiger partial charge >= 0.3 is 5.97 Å². The van der Waals surface area contributed by atoms with E-state index in [9.17, 15) is 14.7 Å². The molecule has 2 aromatic carbocycles. The summed E-state index contributed by atoms with van der Waals surface area (Å²) in [6.07, 6.45) is 1.91. The number of aliphatic hydroxyl groups is 1. The number of carbonyl (C=O) groups excluding carboxylic acids is 2. The van der Waals surface area contributed by atoms with Crippen molar-refractivity contribution in [3.8, 4) is 11.1 Å². The minimum Gasteiger partial charge on any atom is -0.463 e. The predicted molar refractivity (Wildman–Crippen MR) is 137 cm³/mol. The highest BCUT2D eigenvalue weighted by Gasteiger charge is 2.37. The van der Waals surface area contributed by atoms with Crippen molar-refractivity contribution in [2.24, 2.45) is 5.41 Å². The standard InChI is InChI=1S/C27H34N4O6/c1-27(19-32,26(34)37-15-14-36-13-12-35-2)17-23(29-25(33)24-18-28-31-30-24)16-20-8-10-22(11-9-20)21-6-4-3-5-7-21/h3-11,18,23,32H,12-17,19H2,1-2H3,(H,29,33)(H,28,30,31)/t23-,27+/m1/s1.